The number of amides is 2. The van der Waals surface area contributed by atoms with Gasteiger partial charge < -0.3 is 14.2 Å². The lowest BCUT2D eigenvalue weighted by molar-refractivity contribution is -0.136. The largest absolute Gasteiger partial charge is 0.420 e. The smallest absolute Gasteiger partial charge is 0.247 e. The molecule has 0 spiro atoms. The molecule has 2 aliphatic heterocycles. The van der Waals surface area contributed by atoms with Crippen molar-refractivity contribution in [2.45, 2.75) is 32.1 Å². The lowest BCUT2D eigenvalue weighted by atomic mass is 9.95. The highest BCUT2D eigenvalue weighted by atomic mass is 19.1. The Balaban J connectivity index is 1.18. The molecule has 0 saturated carbocycles. The van der Waals surface area contributed by atoms with Crippen LogP contribution in [0.1, 0.15) is 36.6 Å². The van der Waals surface area contributed by atoms with E-state index in [1.54, 1.807) is 17.0 Å². The molecule has 0 aliphatic carbocycles. The van der Waals surface area contributed by atoms with Gasteiger partial charge in [-0.2, -0.15) is 0 Å². The maximum atomic E-state index is 13.1. The zero-order chi connectivity index (χ0) is 22.9. The molecule has 0 radical (unpaired) electrons. The maximum Gasteiger partial charge on any atom is 0.247 e. The van der Waals surface area contributed by atoms with Crippen molar-refractivity contribution in [3.05, 3.63) is 65.8 Å². The molecule has 2 fully saturated rings. The molecule has 2 amide bonds. The number of aryl methyl sites for hydroxylation is 1. The number of carbonyl (C=O) groups is 2. The standard InChI is InChI=1S/C25H25FN4O3/c1-16-2-8-21(9-3-16)30-15-19(14-22(30)31)25(32)29-12-10-18(11-13-29)24-28-27-23(33-24)17-4-6-20(26)7-5-17/h2-9,18-19H,10-15H2,1H3. The van der Waals surface area contributed by atoms with Gasteiger partial charge in [-0.3, -0.25) is 9.59 Å². The summed E-state index contributed by atoms with van der Waals surface area (Å²) in [6, 6.07) is 13.7. The van der Waals surface area contributed by atoms with Crippen molar-refractivity contribution in [1.82, 2.24) is 15.1 Å². The predicted octanol–water partition coefficient (Wildman–Crippen LogP) is 3.94. The molecule has 8 heteroatoms. The summed E-state index contributed by atoms with van der Waals surface area (Å²) in [7, 11) is 0. The molecule has 1 aromatic heterocycles. The van der Waals surface area contributed by atoms with Crippen molar-refractivity contribution in [2.75, 3.05) is 24.5 Å². The third-order valence-corrected chi connectivity index (χ3v) is 6.51. The van der Waals surface area contributed by atoms with Crippen molar-refractivity contribution >= 4 is 17.5 Å². The normalized spacial score (nSPS) is 19.3. The summed E-state index contributed by atoms with van der Waals surface area (Å²) >= 11 is 0. The zero-order valence-electron chi connectivity index (χ0n) is 18.4. The van der Waals surface area contributed by atoms with Gasteiger partial charge in [0.05, 0.1) is 5.92 Å². The molecule has 0 N–H and O–H groups in total. The van der Waals surface area contributed by atoms with E-state index in [4.69, 9.17) is 4.42 Å². The van der Waals surface area contributed by atoms with Crippen LogP contribution < -0.4 is 4.90 Å². The quantitative estimate of drug-likeness (QED) is 0.604. The highest BCUT2D eigenvalue weighted by Gasteiger charge is 2.38. The number of aromatic nitrogens is 2. The second-order valence-electron chi connectivity index (χ2n) is 8.79. The highest BCUT2D eigenvalue weighted by molar-refractivity contribution is 6.00. The van der Waals surface area contributed by atoms with Crippen molar-refractivity contribution < 1.29 is 18.4 Å². The SMILES string of the molecule is Cc1ccc(N2CC(C(=O)N3CCC(c4nnc(-c5ccc(F)cc5)o4)CC3)CC2=O)cc1. The van der Waals surface area contributed by atoms with Gasteiger partial charge in [-0.1, -0.05) is 17.7 Å². The lowest BCUT2D eigenvalue weighted by Gasteiger charge is -2.32. The topological polar surface area (TPSA) is 79.5 Å². The molecule has 3 aromatic rings. The van der Waals surface area contributed by atoms with Crippen molar-refractivity contribution in [3.8, 4) is 11.5 Å². The molecule has 2 saturated heterocycles. The number of carbonyl (C=O) groups excluding carboxylic acids is 2. The molecular formula is C25H25FN4O3. The van der Waals surface area contributed by atoms with Crippen LogP contribution in [0.5, 0.6) is 0 Å². The molecule has 5 rings (SSSR count). The van der Waals surface area contributed by atoms with Gasteiger partial charge in [0.1, 0.15) is 5.82 Å². The average Bonchev–Trinajstić information content (AvgIpc) is 3.47. The molecule has 2 aliphatic rings. The fourth-order valence-corrected chi connectivity index (χ4v) is 4.56. The van der Waals surface area contributed by atoms with Crippen molar-refractivity contribution in [1.29, 1.82) is 0 Å². The van der Waals surface area contributed by atoms with Gasteiger partial charge in [0.15, 0.2) is 0 Å². The Morgan fingerprint density at radius 2 is 1.73 bits per heavy atom. The molecule has 7 nitrogen and oxygen atoms in total. The molecule has 170 valence electrons. The lowest BCUT2D eigenvalue weighted by Crippen LogP contribution is -2.42. The Bertz CT molecular complexity index is 1150. The summed E-state index contributed by atoms with van der Waals surface area (Å²) in [4.78, 5) is 29.2. The van der Waals surface area contributed by atoms with E-state index in [-0.39, 0.29) is 35.9 Å². The second-order valence-corrected chi connectivity index (χ2v) is 8.79. The van der Waals surface area contributed by atoms with Gasteiger partial charge in [0.2, 0.25) is 23.6 Å². The van der Waals surface area contributed by atoms with Crippen LogP contribution >= 0.6 is 0 Å². The molecule has 0 bridgehead atoms. The first kappa shape index (κ1) is 21.3. The molecular weight excluding hydrogens is 423 g/mol. The Morgan fingerprint density at radius 1 is 1.03 bits per heavy atom. The maximum absolute atomic E-state index is 13.1. The molecule has 33 heavy (non-hydrogen) atoms. The van der Waals surface area contributed by atoms with E-state index in [0.29, 0.717) is 37.0 Å². The average molecular weight is 448 g/mol. The number of likely N-dealkylation sites (tertiary alicyclic amines) is 1. The third-order valence-electron chi connectivity index (χ3n) is 6.51. The highest BCUT2D eigenvalue weighted by Crippen LogP contribution is 2.32. The van der Waals surface area contributed by atoms with Crippen LogP contribution in [-0.4, -0.2) is 46.5 Å². The predicted molar refractivity (Wildman–Crippen MR) is 120 cm³/mol. The Hall–Kier alpha value is -3.55. The Kier molecular flexibility index (Phi) is 5.66. The van der Waals surface area contributed by atoms with Gasteiger partial charge in [0, 0.05) is 43.2 Å². The summed E-state index contributed by atoms with van der Waals surface area (Å²) in [5.41, 5.74) is 2.65. The summed E-state index contributed by atoms with van der Waals surface area (Å²) < 4.78 is 19.0. The van der Waals surface area contributed by atoms with E-state index < -0.39 is 0 Å². The van der Waals surface area contributed by atoms with Crippen LogP contribution in [0.3, 0.4) is 0 Å². The molecule has 1 unspecified atom stereocenters. The first-order chi connectivity index (χ1) is 16.0. The summed E-state index contributed by atoms with van der Waals surface area (Å²) in [6.07, 6.45) is 1.69. The van der Waals surface area contributed by atoms with E-state index in [2.05, 4.69) is 10.2 Å². The van der Waals surface area contributed by atoms with Crippen LogP contribution in [0.25, 0.3) is 11.5 Å². The minimum atomic E-state index is -0.318. The first-order valence-corrected chi connectivity index (χ1v) is 11.2. The number of piperidine rings is 1. The van der Waals surface area contributed by atoms with E-state index in [0.717, 1.165) is 24.1 Å². The number of hydrogen-bond acceptors (Lipinski definition) is 5. The third kappa shape index (κ3) is 4.37. The van der Waals surface area contributed by atoms with Gasteiger partial charge in [-0.25, -0.2) is 4.39 Å². The monoisotopic (exact) mass is 448 g/mol. The summed E-state index contributed by atoms with van der Waals surface area (Å²) in [5, 5.41) is 8.28. The fourth-order valence-electron chi connectivity index (χ4n) is 4.56. The van der Waals surface area contributed by atoms with Gasteiger partial charge in [0.25, 0.3) is 0 Å². The minimum Gasteiger partial charge on any atom is -0.420 e. The van der Waals surface area contributed by atoms with Gasteiger partial charge in [-0.05, 0) is 56.2 Å². The Labute approximate surface area is 191 Å². The van der Waals surface area contributed by atoms with Crippen molar-refractivity contribution in [3.63, 3.8) is 0 Å². The van der Waals surface area contributed by atoms with Crippen molar-refractivity contribution in [2.24, 2.45) is 5.92 Å². The fraction of sp³-hybridized carbons (Fsp3) is 0.360. The zero-order valence-corrected chi connectivity index (χ0v) is 18.4. The number of halogens is 1. The second kappa shape index (κ2) is 8.77. The van der Waals surface area contributed by atoms with Crippen LogP contribution in [-0.2, 0) is 9.59 Å². The number of rotatable bonds is 4. The Morgan fingerprint density at radius 3 is 2.42 bits per heavy atom. The minimum absolute atomic E-state index is 0.00808. The molecule has 3 heterocycles. The van der Waals surface area contributed by atoms with Crippen LogP contribution in [0.2, 0.25) is 0 Å². The summed E-state index contributed by atoms with van der Waals surface area (Å²) in [5.74, 6) is 0.378. The van der Waals surface area contributed by atoms with E-state index >= 15 is 0 Å². The molecule has 1 atom stereocenters. The van der Waals surface area contributed by atoms with Crippen LogP contribution in [0, 0.1) is 18.7 Å². The number of hydrogen-bond donors (Lipinski definition) is 0. The van der Waals surface area contributed by atoms with Crippen LogP contribution in [0.15, 0.2) is 52.9 Å². The first-order valence-electron chi connectivity index (χ1n) is 11.2. The van der Waals surface area contributed by atoms with Crippen LogP contribution in [0.4, 0.5) is 10.1 Å². The van der Waals surface area contributed by atoms with E-state index in [1.165, 1.54) is 12.1 Å². The number of benzene rings is 2. The van der Waals surface area contributed by atoms with E-state index in [9.17, 15) is 14.0 Å². The van der Waals surface area contributed by atoms with Gasteiger partial charge >= 0.3 is 0 Å². The molecule has 2 aromatic carbocycles. The van der Waals surface area contributed by atoms with Gasteiger partial charge in [-0.15, -0.1) is 10.2 Å². The number of anilines is 1. The van der Waals surface area contributed by atoms with E-state index in [1.807, 2.05) is 36.1 Å². The summed E-state index contributed by atoms with van der Waals surface area (Å²) in [6.45, 7) is 3.61. The number of nitrogens with zero attached hydrogens (tertiary/aromatic N) is 4.